The van der Waals surface area contributed by atoms with Gasteiger partial charge in [-0.2, -0.15) is 0 Å². The standard InChI is InChI=1S/C21H29FO3/c1-4-21(25)17(24)11-15-12-5-6-14-18(22)16(23)8-9-19(14,2)13(12)7-10-20(15,21)3/h1,12-13,15-17,23-25H,5-11H2,2-3H3/t12-,13-,15+,16?,17?,19-,20+,21?/m1/s1. The van der Waals surface area contributed by atoms with E-state index >= 15 is 0 Å². The van der Waals surface area contributed by atoms with Crippen molar-refractivity contribution in [3.05, 3.63) is 11.4 Å². The molecule has 4 heteroatoms. The Morgan fingerprint density at radius 1 is 1.12 bits per heavy atom. The smallest absolute Gasteiger partial charge is 0.156 e. The summed E-state index contributed by atoms with van der Waals surface area (Å²) in [5.74, 6) is 3.04. The number of aliphatic hydroxyl groups excluding tert-OH is 2. The molecule has 0 bridgehead atoms. The average Bonchev–Trinajstić information content (AvgIpc) is 2.79. The molecule has 0 heterocycles. The predicted molar refractivity (Wildman–Crippen MR) is 92.9 cm³/mol. The van der Waals surface area contributed by atoms with E-state index in [4.69, 9.17) is 6.42 Å². The van der Waals surface area contributed by atoms with Gasteiger partial charge < -0.3 is 15.3 Å². The molecule has 0 aromatic carbocycles. The summed E-state index contributed by atoms with van der Waals surface area (Å²) in [7, 11) is 0. The van der Waals surface area contributed by atoms with Crippen LogP contribution in [0.15, 0.2) is 11.4 Å². The van der Waals surface area contributed by atoms with Gasteiger partial charge in [-0.05, 0) is 73.7 Å². The van der Waals surface area contributed by atoms with Crippen LogP contribution in [0, 0.1) is 40.9 Å². The summed E-state index contributed by atoms with van der Waals surface area (Å²) in [5.41, 5.74) is -1.34. The molecule has 3 N–H and O–H groups in total. The van der Waals surface area contributed by atoms with Crippen molar-refractivity contribution in [2.24, 2.45) is 28.6 Å². The van der Waals surface area contributed by atoms with Crippen LogP contribution in [0.3, 0.4) is 0 Å². The molecule has 4 aliphatic carbocycles. The highest BCUT2D eigenvalue weighted by atomic mass is 19.1. The Hall–Kier alpha value is -0.890. The van der Waals surface area contributed by atoms with Crippen LogP contribution in [0.25, 0.3) is 0 Å². The van der Waals surface area contributed by atoms with E-state index in [0.717, 1.165) is 31.3 Å². The molecular formula is C21H29FO3. The van der Waals surface area contributed by atoms with Gasteiger partial charge in [-0.3, -0.25) is 0 Å². The molecule has 0 radical (unpaired) electrons. The lowest BCUT2D eigenvalue weighted by atomic mass is 9.46. The van der Waals surface area contributed by atoms with Gasteiger partial charge in [0.15, 0.2) is 5.60 Å². The quantitative estimate of drug-likeness (QED) is 0.590. The minimum atomic E-state index is -1.46. The molecule has 3 fully saturated rings. The zero-order valence-electron chi connectivity index (χ0n) is 15.1. The van der Waals surface area contributed by atoms with E-state index in [9.17, 15) is 19.7 Å². The van der Waals surface area contributed by atoms with Crippen molar-refractivity contribution >= 4 is 0 Å². The van der Waals surface area contributed by atoms with Gasteiger partial charge in [0.2, 0.25) is 0 Å². The molecule has 138 valence electrons. The van der Waals surface area contributed by atoms with E-state index in [-0.39, 0.29) is 17.2 Å². The summed E-state index contributed by atoms with van der Waals surface area (Å²) in [5, 5.41) is 31.4. The number of fused-ring (bicyclic) bond motifs is 5. The topological polar surface area (TPSA) is 60.7 Å². The largest absolute Gasteiger partial charge is 0.389 e. The molecule has 8 atom stereocenters. The van der Waals surface area contributed by atoms with Crippen LogP contribution in [0.1, 0.15) is 58.8 Å². The minimum Gasteiger partial charge on any atom is -0.389 e. The van der Waals surface area contributed by atoms with E-state index in [1.165, 1.54) is 0 Å². The molecule has 4 aliphatic rings. The third kappa shape index (κ3) is 1.98. The normalized spacial score (nSPS) is 55.2. The molecule has 3 unspecified atom stereocenters. The maximum absolute atomic E-state index is 14.6. The summed E-state index contributed by atoms with van der Waals surface area (Å²) in [6.45, 7) is 4.19. The first kappa shape index (κ1) is 17.5. The fourth-order valence-corrected chi connectivity index (χ4v) is 7.08. The van der Waals surface area contributed by atoms with E-state index in [2.05, 4.69) is 12.8 Å². The highest BCUT2D eigenvalue weighted by Gasteiger charge is 2.67. The Kier molecular flexibility index (Phi) is 3.72. The minimum absolute atomic E-state index is 0.163. The van der Waals surface area contributed by atoms with E-state index in [1.807, 2.05) is 6.92 Å². The summed E-state index contributed by atoms with van der Waals surface area (Å²) in [6, 6.07) is 0. The van der Waals surface area contributed by atoms with Crippen LogP contribution in [0.2, 0.25) is 0 Å². The number of allylic oxidation sites excluding steroid dienone is 1. The Labute approximate surface area is 149 Å². The first-order chi connectivity index (χ1) is 11.7. The number of terminal acetylenes is 1. The molecule has 0 aliphatic heterocycles. The second-order valence-electron chi connectivity index (χ2n) is 9.33. The third-order valence-electron chi connectivity index (χ3n) is 8.63. The molecule has 25 heavy (non-hydrogen) atoms. The number of rotatable bonds is 0. The Morgan fingerprint density at radius 2 is 1.84 bits per heavy atom. The molecular weight excluding hydrogens is 319 g/mol. The first-order valence-electron chi connectivity index (χ1n) is 9.64. The fraction of sp³-hybridized carbons (Fsp3) is 0.810. The Bertz CT molecular complexity index is 667. The number of hydrogen-bond acceptors (Lipinski definition) is 3. The summed E-state index contributed by atoms with van der Waals surface area (Å²) < 4.78 is 14.6. The molecule has 0 amide bonds. The van der Waals surface area contributed by atoms with Crippen molar-refractivity contribution in [2.75, 3.05) is 0 Å². The van der Waals surface area contributed by atoms with Crippen molar-refractivity contribution in [3.8, 4) is 12.3 Å². The lowest BCUT2D eigenvalue weighted by Crippen LogP contribution is -2.56. The van der Waals surface area contributed by atoms with Gasteiger partial charge in [0.25, 0.3) is 0 Å². The maximum Gasteiger partial charge on any atom is 0.156 e. The first-order valence-corrected chi connectivity index (χ1v) is 9.64. The van der Waals surface area contributed by atoms with Gasteiger partial charge in [0.1, 0.15) is 11.9 Å². The highest BCUT2D eigenvalue weighted by molar-refractivity contribution is 5.31. The lowest BCUT2D eigenvalue weighted by Gasteiger charge is -2.58. The zero-order valence-corrected chi connectivity index (χ0v) is 15.1. The summed E-state index contributed by atoms with van der Waals surface area (Å²) in [4.78, 5) is 0. The van der Waals surface area contributed by atoms with Crippen molar-refractivity contribution in [2.45, 2.75) is 76.6 Å². The van der Waals surface area contributed by atoms with E-state index in [0.29, 0.717) is 31.1 Å². The fourth-order valence-electron chi connectivity index (χ4n) is 7.08. The number of hydrogen-bond donors (Lipinski definition) is 3. The Balaban J connectivity index is 1.73. The van der Waals surface area contributed by atoms with Gasteiger partial charge in [-0.15, -0.1) is 6.42 Å². The van der Waals surface area contributed by atoms with Crippen molar-refractivity contribution in [3.63, 3.8) is 0 Å². The van der Waals surface area contributed by atoms with Gasteiger partial charge in [-0.1, -0.05) is 19.8 Å². The van der Waals surface area contributed by atoms with Gasteiger partial charge in [-0.25, -0.2) is 4.39 Å². The third-order valence-corrected chi connectivity index (χ3v) is 8.63. The maximum atomic E-state index is 14.6. The van der Waals surface area contributed by atoms with Crippen LogP contribution in [-0.2, 0) is 0 Å². The summed E-state index contributed by atoms with van der Waals surface area (Å²) in [6.07, 6.45) is 8.79. The van der Waals surface area contributed by atoms with Gasteiger partial charge in [0, 0.05) is 5.41 Å². The van der Waals surface area contributed by atoms with Crippen molar-refractivity contribution < 1.29 is 19.7 Å². The molecule has 3 nitrogen and oxygen atoms in total. The van der Waals surface area contributed by atoms with Crippen LogP contribution < -0.4 is 0 Å². The average molecular weight is 348 g/mol. The zero-order chi connectivity index (χ0) is 18.2. The summed E-state index contributed by atoms with van der Waals surface area (Å²) >= 11 is 0. The second-order valence-corrected chi connectivity index (χ2v) is 9.33. The lowest BCUT2D eigenvalue weighted by molar-refractivity contribution is -0.122. The van der Waals surface area contributed by atoms with Gasteiger partial charge in [0.05, 0.1) is 6.10 Å². The SMILES string of the molecule is C#CC1(O)C(O)C[C@H]2[C@@H]3CCC4=C(F)C(O)CC[C@]4(C)[C@@H]3CC[C@@]21C. The van der Waals surface area contributed by atoms with Crippen LogP contribution in [0.5, 0.6) is 0 Å². The molecule has 0 aromatic rings. The van der Waals surface area contributed by atoms with Crippen molar-refractivity contribution in [1.29, 1.82) is 0 Å². The van der Waals surface area contributed by atoms with E-state index < -0.39 is 23.2 Å². The van der Waals surface area contributed by atoms with Crippen LogP contribution in [-0.4, -0.2) is 33.1 Å². The monoisotopic (exact) mass is 348 g/mol. The molecule has 3 saturated carbocycles. The van der Waals surface area contributed by atoms with E-state index in [1.54, 1.807) is 0 Å². The van der Waals surface area contributed by atoms with Crippen molar-refractivity contribution in [1.82, 2.24) is 0 Å². The second kappa shape index (κ2) is 5.31. The molecule has 0 spiro atoms. The number of halogens is 1. The highest BCUT2D eigenvalue weighted by Crippen LogP contribution is 2.67. The Morgan fingerprint density at radius 3 is 2.52 bits per heavy atom. The van der Waals surface area contributed by atoms with Gasteiger partial charge >= 0.3 is 0 Å². The molecule has 0 aromatic heterocycles. The van der Waals surface area contributed by atoms with Crippen LogP contribution in [0.4, 0.5) is 4.39 Å². The van der Waals surface area contributed by atoms with Crippen LogP contribution >= 0.6 is 0 Å². The molecule has 0 saturated heterocycles. The number of aliphatic hydroxyl groups is 3. The molecule has 4 rings (SSSR count). The predicted octanol–water partition coefficient (Wildman–Crippen LogP) is 2.94.